The third-order valence-electron chi connectivity index (χ3n) is 4.94. The number of aromatic amines is 1. The molecular weight excluding hydrogens is 399 g/mol. The number of aromatic nitrogens is 3. The molecule has 28 heavy (non-hydrogen) atoms. The molecule has 4 aromatic rings. The van der Waals surface area contributed by atoms with Crippen LogP contribution in [0.5, 0.6) is 11.5 Å². The predicted octanol–water partition coefficient (Wildman–Crippen LogP) is -4.74. The number of likely N-dealkylation sites (N-methyl/N-ethyl adjacent to an activating group) is 1. The van der Waals surface area contributed by atoms with Gasteiger partial charge in [0.2, 0.25) is 6.79 Å². The molecule has 5 rings (SSSR count). The predicted molar refractivity (Wildman–Crippen MR) is 98.7 cm³/mol. The van der Waals surface area contributed by atoms with E-state index >= 15 is 0 Å². The van der Waals surface area contributed by atoms with E-state index in [-0.39, 0.29) is 24.8 Å². The maximum Gasteiger partial charge on any atom is 0.368 e. The second-order valence-corrected chi connectivity index (χ2v) is 7.03. The highest BCUT2D eigenvalue weighted by Crippen LogP contribution is 2.35. The van der Waals surface area contributed by atoms with E-state index in [0.29, 0.717) is 6.79 Å². The molecule has 148 valence electrons. The molecule has 0 bridgehead atoms. The Kier molecular flexibility index (Phi) is 5.74. The van der Waals surface area contributed by atoms with Crippen molar-refractivity contribution in [2.75, 3.05) is 27.4 Å². The summed E-state index contributed by atoms with van der Waals surface area (Å²) in [6, 6.07) is 14.6. The van der Waals surface area contributed by atoms with Crippen LogP contribution in [0.15, 0.2) is 48.7 Å². The van der Waals surface area contributed by atoms with Crippen LogP contribution in [0.25, 0.3) is 28.1 Å². The van der Waals surface area contributed by atoms with Gasteiger partial charge in [0, 0.05) is 5.56 Å². The van der Waals surface area contributed by atoms with Crippen LogP contribution in [0, 0.1) is 0 Å². The Balaban J connectivity index is 0.00000112. The Morgan fingerprint density at radius 1 is 1.07 bits per heavy atom. The van der Waals surface area contributed by atoms with Crippen LogP contribution < -0.4 is 43.8 Å². The number of halogens is 2. The summed E-state index contributed by atoms with van der Waals surface area (Å²) < 4.78 is 15.5. The molecule has 0 fully saturated rings. The lowest BCUT2D eigenvalue weighted by molar-refractivity contribution is -0.878. The SMILES string of the molecule is C[NH+](C)CC[n+]1c2ccccc2n2cc(-c3ccc4c(c3)OCO4)[nH]c21.[Cl-].[Cl-]. The average molecular weight is 421 g/mol. The Morgan fingerprint density at radius 2 is 1.86 bits per heavy atom. The van der Waals surface area contributed by atoms with E-state index in [1.165, 1.54) is 15.9 Å². The van der Waals surface area contributed by atoms with E-state index in [1.807, 2.05) is 12.1 Å². The second-order valence-electron chi connectivity index (χ2n) is 7.03. The number of fused-ring (bicyclic) bond motifs is 4. The Labute approximate surface area is 175 Å². The van der Waals surface area contributed by atoms with Crippen LogP contribution in [0.2, 0.25) is 0 Å². The molecule has 0 saturated carbocycles. The third-order valence-corrected chi connectivity index (χ3v) is 4.94. The number of nitrogens with zero attached hydrogens (tertiary/aromatic N) is 2. The van der Waals surface area contributed by atoms with Gasteiger partial charge < -0.3 is 39.2 Å². The number of rotatable bonds is 4. The number of H-pyrrole nitrogens is 1. The van der Waals surface area contributed by atoms with Crippen LogP contribution >= 0.6 is 0 Å². The maximum atomic E-state index is 5.52. The molecule has 0 unspecified atom stereocenters. The fraction of sp³-hybridized carbons (Fsp3) is 0.250. The molecule has 3 heterocycles. The standard InChI is InChI=1S/C20H20N4O2.2ClH/c1-22(2)9-10-23-16-5-3-4-6-17(16)24-12-15(21-20(23)24)14-7-8-18-19(11-14)26-13-25-18;;/h3-8,11-12H,9-10,13H2,1-2H3;2*1H. The molecule has 8 heteroatoms. The number of imidazole rings is 2. The quantitative estimate of drug-likeness (QED) is 0.326. The van der Waals surface area contributed by atoms with Crippen molar-refractivity contribution >= 4 is 16.8 Å². The minimum atomic E-state index is 0. The van der Waals surface area contributed by atoms with E-state index in [2.05, 4.69) is 64.6 Å². The van der Waals surface area contributed by atoms with Crippen LogP contribution in [0.4, 0.5) is 0 Å². The van der Waals surface area contributed by atoms with Gasteiger partial charge in [0.15, 0.2) is 11.5 Å². The number of hydrogen-bond donors (Lipinski definition) is 2. The maximum absolute atomic E-state index is 5.52. The first-order chi connectivity index (χ1) is 12.7. The zero-order valence-electron chi connectivity index (χ0n) is 15.7. The van der Waals surface area contributed by atoms with Crippen molar-refractivity contribution in [3.05, 3.63) is 48.7 Å². The molecular formula is C20H22Cl2N4O2. The lowest BCUT2D eigenvalue weighted by atomic mass is 10.1. The summed E-state index contributed by atoms with van der Waals surface area (Å²) in [4.78, 5) is 5.04. The number of nitrogens with one attached hydrogen (secondary N) is 2. The summed E-state index contributed by atoms with van der Waals surface area (Å²) in [6.45, 7) is 2.32. The Bertz CT molecular complexity index is 1120. The van der Waals surface area contributed by atoms with E-state index < -0.39 is 0 Å². The monoisotopic (exact) mass is 420 g/mol. The first-order valence-corrected chi connectivity index (χ1v) is 8.91. The molecule has 1 aliphatic heterocycles. The molecule has 0 radical (unpaired) electrons. The van der Waals surface area contributed by atoms with E-state index in [9.17, 15) is 0 Å². The van der Waals surface area contributed by atoms with Gasteiger partial charge in [0.25, 0.3) is 0 Å². The van der Waals surface area contributed by atoms with Gasteiger partial charge in [-0.15, -0.1) is 0 Å². The van der Waals surface area contributed by atoms with Gasteiger partial charge in [-0.1, -0.05) is 12.1 Å². The van der Waals surface area contributed by atoms with Crippen molar-refractivity contribution in [3.8, 4) is 22.8 Å². The first kappa shape index (κ1) is 20.3. The fourth-order valence-electron chi connectivity index (χ4n) is 3.57. The highest BCUT2D eigenvalue weighted by molar-refractivity contribution is 5.77. The molecule has 0 saturated heterocycles. The fourth-order valence-corrected chi connectivity index (χ4v) is 3.57. The average Bonchev–Trinajstić information content (AvgIpc) is 3.33. The summed E-state index contributed by atoms with van der Waals surface area (Å²) >= 11 is 0. The van der Waals surface area contributed by atoms with E-state index in [0.717, 1.165) is 41.6 Å². The number of ether oxygens (including phenoxy) is 2. The van der Waals surface area contributed by atoms with Gasteiger partial charge in [-0.05, 0) is 30.3 Å². The largest absolute Gasteiger partial charge is 1.00 e. The first-order valence-electron chi connectivity index (χ1n) is 8.91. The Hall–Kier alpha value is -2.41. The van der Waals surface area contributed by atoms with Crippen molar-refractivity contribution in [1.29, 1.82) is 0 Å². The zero-order chi connectivity index (χ0) is 17.7. The second kappa shape index (κ2) is 7.91. The number of hydrogen-bond acceptors (Lipinski definition) is 2. The number of benzene rings is 2. The van der Waals surface area contributed by atoms with Crippen LogP contribution in [0.1, 0.15) is 0 Å². The summed E-state index contributed by atoms with van der Waals surface area (Å²) in [6.07, 6.45) is 2.16. The van der Waals surface area contributed by atoms with Gasteiger partial charge in [-0.3, -0.25) is 0 Å². The Morgan fingerprint density at radius 3 is 2.68 bits per heavy atom. The lowest BCUT2D eigenvalue weighted by Gasteiger charge is -2.05. The molecule has 2 aromatic carbocycles. The number of para-hydroxylation sites is 2. The van der Waals surface area contributed by atoms with Gasteiger partial charge in [0.05, 0.1) is 14.1 Å². The highest BCUT2D eigenvalue weighted by Gasteiger charge is 2.23. The molecule has 6 nitrogen and oxygen atoms in total. The highest BCUT2D eigenvalue weighted by atomic mass is 35.5. The van der Waals surface area contributed by atoms with Gasteiger partial charge >= 0.3 is 5.78 Å². The third kappa shape index (κ3) is 3.28. The number of quaternary nitrogens is 1. The summed E-state index contributed by atoms with van der Waals surface area (Å²) in [5.41, 5.74) is 4.61. The summed E-state index contributed by atoms with van der Waals surface area (Å²) in [5.74, 6) is 2.71. The topological polar surface area (TPSA) is 47.0 Å². The molecule has 2 aromatic heterocycles. The molecule has 0 atom stereocenters. The molecule has 2 N–H and O–H groups in total. The van der Waals surface area contributed by atoms with Crippen LogP contribution in [-0.2, 0) is 6.54 Å². The van der Waals surface area contributed by atoms with E-state index in [4.69, 9.17) is 9.47 Å². The molecule has 1 aliphatic rings. The van der Waals surface area contributed by atoms with Crippen molar-refractivity contribution in [2.45, 2.75) is 6.54 Å². The minimum absolute atomic E-state index is 0. The van der Waals surface area contributed by atoms with Crippen molar-refractivity contribution in [3.63, 3.8) is 0 Å². The molecule has 0 spiro atoms. The smallest absolute Gasteiger partial charge is 0.368 e. The molecule has 0 amide bonds. The summed E-state index contributed by atoms with van der Waals surface area (Å²) in [7, 11) is 4.37. The van der Waals surface area contributed by atoms with Crippen molar-refractivity contribution in [1.82, 2.24) is 9.38 Å². The van der Waals surface area contributed by atoms with Crippen molar-refractivity contribution < 1.29 is 43.8 Å². The van der Waals surface area contributed by atoms with Crippen LogP contribution in [0.3, 0.4) is 0 Å². The zero-order valence-corrected chi connectivity index (χ0v) is 17.2. The van der Waals surface area contributed by atoms with Gasteiger partial charge in [-0.2, -0.15) is 4.40 Å². The van der Waals surface area contributed by atoms with E-state index in [1.54, 1.807) is 0 Å². The van der Waals surface area contributed by atoms with Crippen LogP contribution in [-0.4, -0.2) is 36.8 Å². The minimum Gasteiger partial charge on any atom is -1.00 e. The van der Waals surface area contributed by atoms with Crippen molar-refractivity contribution in [2.24, 2.45) is 0 Å². The van der Waals surface area contributed by atoms with Gasteiger partial charge in [-0.25, -0.2) is 9.55 Å². The molecule has 0 aliphatic carbocycles. The summed E-state index contributed by atoms with van der Waals surface area (Å²) in [5, 5.41) is 0. The van der Waals surface area contributed by atoms with Gasteiger partial charge in [0.1, 0.15) is 36.0 Å². The normalized spacial score (nSPS) is 12.4. The lowest BCUT2D eigenvalue weighted by Crippen LogP contribution is -3.06.